The lowest BCUT2D eigenvalue weighted by Gasteiger charge is -2.32. The number of likely N-dealkylation sites (N-methyl/N-ethyl adjacent to an activating group) is 1. The Kier molecular flexibility index (Phi) is 8.83. The fourth-order valence-corrected chi connectivity index (χ4v) is 4.71. The summed E-state index contributed by atoms with van der Waals surface area (Å²) in [7, 11) is 1.99. The molecule has 2 atom stereocenters. The van der Waals surface area contributed by atoms with Gasteiger partial charge in [0.1, 0.15) is 11.4 Å². The van der Waals surface area contributed by atoms with Gasteiger partial charge in [-0.25, -0.2) is 13.8 Å². The number of alkyl halides is 5. The quantitative estimate of drug-likeness (QED) is 0.428. The first-order chi connectivity index (χ1) is 18.5. The second-order valence-electron chi connectivity index (χ2n) is 9.68. The molecule has 3 N–H and O–H groups in total. The van der Waals surface area contributed by atoms with E-state index in [0.29, 0.717) is 49.8 Å². The highest BCUT2D eigenvalue weighted by Gasteiger charge is 2.39. The van der Waals surface area contributed by atoms with Crippen molar-refractivity contribution in [2.45, 2.75) is 37.9 Å². The number of piperazine rings is 1. The van der Waals surface area contributed by atoms with Gasteiger partial charge in [-0.1, -0.05) is 6.42 Å². The van der Waals surface area contributed by atoms with Gasteiger partial charge in [-0.15, -0.1) is 0 Å². The Morgan fingerprint density at radius 2 is 1.77 bits per heavy atom. The van der Waals surface area contributed by atoms with E-state index in [9.17, 15) is 31.5 Å². The van der Waals surface area contributed by atoms with Crippen molar-refractivity contribution in [3.05, 3.63) is 41.6 Å². The van der Waals surface area contributed by atoms with Gasteiger partial charge < -0.3 is 25.8 Å². The minimum atomic E-state index is -4.77. The summed E-state index contributed by atoms with van der Waals surface area (Å²) >= 11 is 0. The number of amides is 2. The highest BCUT2D eigenvalue weighted by molar-refractivity contribution is 5.94. The molecule has 2 fully saturated rings. The number of hydrogen-bond acceptors (Lipinski definition) is 7. The Bertz CT molecular complexity index is 1150. The zero-order valence-electron chi connectivity index (χ0n) is 21.3. The van der Waals surface area contributed by atoms with Crippen molar-refractivity contribution < 1.29 is 31.5 Å². The van der Waals surface area contributed by atoms with E-state index in [2.05, 4.69) is 30.8 Å². The molecule has 212 valence electrons. The molecular weight excluding hydrogens is 525 g/mol. The molecule has 0 spiro atoms. The molecule has 4 rings (SSSR count). The van der Waals surface area contributed by atoms with Gasteiger partial charge in [0.15, 0.2) is 0 Å². The van der Waals surface area contributed by atoms with Crippen LogP contribution in [0.4, 0.5) is 39.4 Å². The van der Waals surface area contributed by atoms with Gasteiger partial charge in [0, 0.05) is 49.7 Å². The summed E-state index contributed by atoms with van der Waals surface area (Å²) < 4.78 is 66.1. The minimum Gasteiger partial charge on any atom is -0.366 e. The zero-order chi connectivity index (χ0) is 28.2. The molecule has 2 aliphatic rings. The fraction of sp³-hybridized carbons (Fsp3) is 0.520. The standard InChI is InChI=1S/C25H30F5N7O2/c1-36-9-11-37(12-10-36)23(39)15-5-7-16(8-6-15)33-24-32-13-18(25(28,29)30)21(35-24)34-19-4-2-3-17(19)22(38)31-14-20(26)27/h5-8,13,17,19-20H,2-4,9-12,14H2,1H3,(H,31,38)(H2,32,33,34,35)/t17-,19+/m0/s1. The van der Waals surface area contributed by atoms with Crippen LogP contribution in [0.25, 0.3) is 0 Å². The number of aromatic nitrogens is 2. The number of rotatable bonds is 8. The Hall–Kier alpha value is -3.55. The molecular formula is C25H30F5N7O2. The summed E-state index contributed by atoms with van der Waals surface area (Å²) in [5, 5.41) is 7.69. The van der Waals surface area contributed by atoms with Crippen molar-refractivity contribution in [3.8, 4) is 0 Å². The van der Waals surface area contributed by atoms with E-state index in [1.807, 2.05) is 7.05 Å². The lowest BCUT2D eigenvalue weighted by Crippen LogP contribution is -2.47. The third-order valence-corrected chi connectivity index (χ3v) is 6.88. The van der Waals surface area contributed by atoms with Crippen LogP contribution in [0.5, 0.6) is 0 Å². The molecule has 9 nitrogen and oxygen atoms in total. The third kappa shape index (κ3) is 7.31. The first-order valence-electron chi connectivity index (χ1n) is 12.6. The molecule has 1 saturated carbocycles. The molecule has 1 aromatic heterocycles. The number of halogens is 5. The molecule has 1 saturated heterocycles. The third-order valence-electron chi connectivity index (χ3n) is 6.88. The Morgan fingerprint density at radius 1 is 1.08 bits per heavy atom. The van der Waals surface area contributed by atoms with E-state index in [1.165, 1.54) is 0 Å². The van der Waals surface area contributed by atoms with Gasteiger partial charge in [0.2, 0.25) is 11.9 Å². The van der Waals surface area contributed by atoms with Gasteiger partial charge in [0.05, 0.1) is 12.5 Å². The maximum Gasteiger partial charge on any atom is 0.421 e. The molecule has 1 aromatic carbocycles. The van der Waals surface area contributed by atoms with Crippen molar-refractivity contribution >= 4 is 29.3 Å². The van der Waals surface area contributed by atoms with Crippen LogP contribution < -0.4 is 16.0 Å². The summed E-state index contributed by atoms with van der Waals surface area (Å²) in [6.07, 6.45) is -5.58. The van der Waals surface area contributed by atoms with Crippen LogP contribution in [0.3, 0.4) is 0 Å². The lowest BCUT2D eigenvalue weighted by molar-refractivity contribution is -0.137. The largest absolute Gasteiger partial charge is 0.421 e. The van der Waals surface area contributed by atoms with Gasteiger partial charge >= 0.3 is 6.18 Å². The average molecular weight is 556 g/mol. The molecule has 1 aliphatic carbocycles. The second kappa shape index (κ2) is 12.1. The van der Waals surface area contributed by atoms with Gasteiger partial charge in [-0.3, -0.25) is 9.59 Å². The van der Waals surface area contributed by atoms with Crippen molar-refractivity contribution in [2.24, 2.45) is 5.92 Å². The SMILES string of the molecule is CN1CCN(C(=O)c2ccc(Nc3ncc(C(F)(F)F)c(N[C@@H]4CCC[C@@H]4C(=O)NCC(F)F)n3)cc2)CC1. The monoisotopic (exact) mass is 555 g/mol. The van der Waals surface area contributed by atoms with Gasteiger partial charge in [-0.2, -0.15) is 18.2 Å². The van der Waals surface area contributed by atoms with Crippen molar-refractivity contribution in [3.63, 3.8) is 0 Å². The van der Waals surface area contributed by atoms with E-state index in [1.54, 1.807) is 29.2 Å². The van der Waals surface area contributed by atoms with E-state index in [0.717, 1.165) is 13.1 Å². The lowest BCUT2D eigenvalue weighted by atomic mass is 10.0. The van der Waals surface area contributed by atoms with Crippen molar-refractivity contribution in [1.82, 2.24) is 25.1 Å². The second-order valence-corrected chi connectivity index (χ2v) is 9.68. The molecule has 0 radical (unpaired) electrons. The van der Waals surface area contributed by atoms with Crippen LogP contribution in [-0.2, 0) is 11.0 Å². The van der Waals surface area contributed by atoms with Crippen molar-refractivity contribution in [1.29, 1.82) is 0 Å². The predicted molar refractivity (Wildman–Crippen MR) is 134 cm³/mol. The Labute approximate surface area is 222 Å². The number of nitrogens with zero attached hydrogens (tertiary/aromatic N) is 4. The van der Waals surface area contributed by atoms with Crippen LogP contribution >= 0.6 is 0 Å². The fourth-order valence-electron chi connectivity index (χ4n) is 4.71. The smallest absolute Gasteiger partial charge is 0.366 e. The summed E-state index contributed by atoms with van der Waals surface area (Å²) in [5.74, 6) is -2.16. The van der Waals surface area contributed by atoms with Crippen LogP contribution in [0, 0.1) is 5.92 Å². The van der Waals surface area contributed by atoms with E-state index in [4.69, 9.17) is 0 Å². The van der Waals surface area contributed by atoms with Gasteiger partial charge in [0.25, 0.3) is 12.3 Å². The van der Waals surface area contributed by atoms with Crippen LogP contribution in [0.1, 0.15) is 35.2 Å². The predicted octanol–water partition coefficient (Wildman–Crippen LogP) is 3.59. The highest BCUT2D eigenvalue weighted by Crippen LogP contribution is 2.36. The summed E-state index contributed by atoms with van der Waals surface area (Å²) in [5.41, 5.74) is -0.168. The minimum absolute atomic E-state index is 0.101. The number of nitrogens with one attached hydrogen (secondary N) is 3. The highest BCUT2D eigenvalue weighted by atomic mass is 19.4. The number of hydrogen-bond donors (Lipinski definition) is 3. The summed E-state index contributed by atoms with van der Waals surface area (Å²) in [6.45, 7) is 2.00. The molecule has 2 heterocycles. The van der Waals surface area contributed by atoms with E-state index < -0.39 is 48.4 Å². The van der Waals surface area contributed by atoms with Crippen LogP contribution in [0.15, 0.2) is 30.5 Å². The molecule has 39 heavy (non-hydrogen) atoms. The number of carbonyl (C=O) groups is 2. The number of carbonyl (C=O) groups excluding carboxylic acids is 2. The number of benzene rings is 1. The van der Waals surface area contributed by atoms with Crippen molar-refractivity contribution in [2.75, 3.05) is 50.4 Å². The Morgan fingerprint density at radius 3 is 2.41 bits per heavy atom. The molecule has 2 aromatic rings. The topological polar surface area (TPSA) is 102 Å². The average Bonchev–Trinajstić information content (AvgIpc) is 3.35. The van der Waals surface area contributed by atoms with E-state index in [-0.39, 0.29) is 11.9 Å². The molecule has 1 aliphatic heterocycles. The summed E-state index contributed by atoms with van der Waals surface area (Å²) in [6, 6.07) is 5.74. The maximum absolute atomic E-state index is 13.7. The molecule has 14 heteroatoms. The molecule has 0 unspecified atom stereocenters. The summed E-state index contributed by atoms with van der Waals surface area (Å²) in [4.78, 5) is 36.8. The van der Waals surface area contributed by atoms with E-state index >= 15 is 0 Å². The first-order valence-corrected chi connectivity index (χ1v) is 12.6. The first kappa shape index (κ1) is 28.5. The molecule has 0 bridgehead atoms. The van der Waals surface area contributed by atoms with Crippen LogP contribution in [0.2, 0.25) is 0 Å². The molecule has 2 amide bonds. The zero-order valence-corrected chi connectivity index (χ0v) is 21.3. The normalized spacial score (nSPS) is 20.2. The Balaban J connectivity index is 1.47. The van der Waals surface area contributed by atoms with Crippen LogP contribution in [-0.4, -0.2) is 83.8 Å². The number of anilines is 3. The van der Waals surface area contributed by atoms with Gasteiger partial charge in [-0.05, 0) is 44.2 Å². The maximum atomic E-state index is 13.7.